The zero-order valence-electron chi connectivity index (χ0n) is 14.3. The van der Waals surface area contributed by atoms with E-state index >= 15 is 0 Å². The van der Waals surface area contributed by atoms with Crippen molar-refractivity contribution >= 4 is 0 Å². The summed E-state index contributed by atoms with van der Waals surface area (Å²) < 4.78 is 5.47. The van der Waals surface area contributed by atoms with Gasteiger partial charge < -0.3 is 15.0 Å². The van der Waals surface area contributed by atoms with Crippen molar-refractivity contribution in [2.24, 2.45) is 5.92 Å². The topological polar surface area (TPSA) is 27.7 Å². The number of nitrogens with zero attached hydrogens (tertiary/aromatic N) is 2. The molecule has 0 spiro atoms. The molecule has 1 fully saturated rings. The van der Waals surface area contributed by atoms with Crippen LogP contribution in [0.2, 0.25) is 0 Å². The monoisotopic (exact) mass is 305 g/mol. The van der Waals surface area contributed by atoms with E-state index in [1.807, 2.05) is 6.07 Å². The van der Waals surface area contributed by atoms with Gasteiger partial charge >= 0.3 is 0 Å². The van der Waals surface area contributed by atoms with Crippen molar-refractivity contribution < 1.29 is 4.74 Å². The first kappa shape index (κ1) is 17.3. The van der Waals surface area contributed by atoms with Crippen molar-refractivity contribution in [2.75, 3.05) is 53.9 Å². The first-order valence-electron chi connectivity index (χ1n) is 8.38. The largest absolute Gasteiger partial charge is 0.496 e. The molecule has 1 atom stereocenters. The van der Waals surface area contributed by atoms with Gasteiger partial charge in [-0.05, 0) is 52.0 Å². The summed E-state index contributed by atoms with van der Waals surface area (Å²) in [6.45, 7) is 6.71. The molecule has 4 heteroatoms. The fourth-order valence-corrected chi connectivity index (χ4v) is 3.14. The Hall–Kier alpha value is -1.10. The van der Waals surface area contributed by atoms with E-state index in [2.05, 4.69) is 47.4 Å². The molecule has 22 heavy (non-hydrogen) atoms. The number of likely N-dealkylation sites (N-methyl/N-ethyl adjacent to an activating group) is 1. The Morgan fingerprint density at radius 1 is 1.32 bits per heavy atom. The van der Waals surface area contributed by atoms with Crippen LogP contribution in [-0.2, 0) is 6.54 Å². The predicted molar refractivity (Wildman–Crippen MR) is 92.4 cm³/mol. The Morgan fingerprint density at radius 3 is 2.91 bits per heavy atom. The number of piperidine rings is 1. The van der Waals surface area contributed by atoms with Gasteiger partial charge in [-0.15, -0.1) is 0 Å². The number of likely N-dealkylation sites (tertiary alicyclic amines) is 1. The molecule has 4 nitrogen and oxygen atoms in total. The lowest BCUT2D eigenvalue weighted by Gasteiger charge is -2.33. The molecule has 1 heterocycles. The lowest BCUT2D eigenvalue weighted by molar-refractivity contribution is 0.163. The Kier molecular flexibility index (Phi) is 7.16. The van der Waals surface area contributed by atoms with Crippen LogP contribution in [0.25, 0.3) is 0 Å². The summed E-state index contributed by atoms with van der Waals surface area (Å²) in [5.41, 5.74) is 1.30. The van der Waals surface area contributed by atoms with Gasteiger partial charge in [0.2, 0.25) is 0 Å². The van der Waals surface area contributed by atoms with E-state index in [-0.39, 0.29) is 0 Å². The number of nitrogens with one attached hydrogen (secondary N) is 1. The van der Waals surface area contributed by atoms with Gasteiger partial charge in [0.1, 0.15) is 5.75 Å². The maximum absolute atomic E-state index is 5.47. The Morgan fingerprint density at radius 2 is 2.14 bits per heavy atom. The zero-order chi connectivity index (χ0) is 15.8. The SMILES string of the molecule is COc1ccccc1CN1CCC[C@@H](CNCCN(C)C)C1. The number of para-hydroxylation sites is 1. The summed E-state index contributed by atoms with van der Waals surface area (Å²) in [7, 11) is 6.00. The molecular formula is C18H31N3O. The van der Waals surface area contributed by atoms with Crippen molar-refractivity contribution in [3.8, 4) is 5.75 Å². The third-order valence-electron chi connectivity index (χ3n) is 4.36. The molecule has 2 rings (SSSR count). The molecule has 0 unspecified atom stereocenters. The number of hydrogen-bond donors (Lipinski definition) is 1. The molecule has 1 saturated heterocycles. The molecule has 0 amide bonds. The van der Waals surface area contributed by atoms with E-state index in [0.29, 0.717) is 0 Å². The lowest BCUT2D eigenvalue weighted by atomic mass is 9.97. The third kappa shape index (κ3) is 5.59. The van der Waals surface area contributed by atoms with Crippen LogP contribution < -0.4 is 10.1 Å². The van der Waals surface area contributed by atoms with Crippen LogP contribution in [0.4, 0.5) is 0 Å². The van der Waals surface area contributed by atoms with Crippen molar-refractivity contribution in [2.45, 2.75) is 19.4 Å². The Labute approximate surface area is 135 Å². The Bertz CT molecular complexity index is 436. The highest BCUT2D eigenvalue weighted by molar-refractivity contribution is 5.33. The molecule has 0 bridgehead atoms. The fraction of sp³-hybridized carbons (Fsp3) is 0.667. The van der Waals surface area contributed by atoms with Crippen molar-refractivity contribution in [3.05, 3.63) is 29.8 Å². The summed E-state index contributed by atoms with van der Waals surface area (Å²) >= 11 is 0. The van der Waals surface area contributed by atoms with Gasteiger partial charge in [-0.2, -0.15) is 0 Å². The van der Waals surface area contributed by atoms with Crippen LogP contribution in [0.15, 0.2) is 24.3 Å². The molecule has 0 saturated carbocycles. The summed E-state index contributed by atoms with van der Waals surface area (Å²) in [6, 6.07) is 8.37. The van der Waals surface area contributed by atoms with Gasteiger partial charge in [-0.1, -0.05) is 18.2 Å². The maximum atomic E-state index is 5.47. The molecule has 0 radical (unpaired) electrons. The first-order valence-corrected chi connectivity index (χ1v) is 8.38. The zero-order valence-corrected chi connectivity index (χ0v) is 14.3. The van der Waals surface area contributed by atoms with Crippen LogP contribution in [0, 0.1) is 5.92 Å². The Balaban J connectivity index is 1.78. The second-order valence-corrected chi connectivity index (χ2v) is 6.56. The van der Waals surface area contributed by atoms with Crippen LogP contribution in [-0.4, -0.2) is 63.7 Å². The molecule has 1 aromatic rings. The number of rotatable bonds is 8. The highest BCUT2D eigenvalue weighted by Gasteiger charge is 2.20. The maximum Gasteiger partial charge on any atom is 0.123 e. The molecule has 1 aliphatic heterocycles. The summed E-state index contributed by atoms with van der Waals surface area (Å²) in [5.74, 6) is 1.78. The molecule has 1 aliphatic rings. The second kappa shape index (κ2) is 9.13. The van der Waals surface area contributed by atoms with E-state index in [9.17, 15) is 0 Å². The normalized spacial score (nSPS) is 19.5. The van der Waals surface area contributed by atoms with E-state index in [1.165, 1.54) is 31.5 Å². The minimum atomic E-state index is 0.769. The average molecular weight is 305 g/mol. The third-order valence-corrected chi connectivity index (χ3v) is 4.36. The average Bonchev–Trinajstić information content (AvgIpc) is 2.52. The quantitative estimate of drug-likeness (QED) is 0.744. The van der Waals surface area contributed by atoms with Gasteiger partial charge in [-0.25, -0.2) is 0 Å². The molecule has 0 aliphatic carbocycles. The summed E-state index contributed by atoms with van der Waals surface area (Å²) in [6.07, 6.45) is 2.65. The van der Waals surface area contributed by atoms with E-state index in [4.69, 9.17) is 4.74 Å². The molecule has 1 aromatic carbocycles. The van der Waals surface area contributed by atoms with Crippen molar-refractivity contribution in [3.63, 3.8) is 0 Å². The number of benzene rings is 1. The van der Waals surface area contributed by atoms with Crippen LogP contribution in [0.3, 0.4) is 0 Å². The molecule has 124 valence electrons. The molecule has 1 N–H and O–H groups in total. The number of hydrogen-bond acceptors (Lipinski definition) is 4. The number of methoxy groups -OCH3 is 1. The standard InChI is InChI=1S/C18H31N3O/c1-20(2)12-10-19-13-16-7-6-11-21(14-16)15-17-8-4-5-9-18(17)22-3/h4-5,8-9,16,19H,6-7,10-15H2,1-3H3/t16-/m0/s1. The minimum absolute atomic E-state index is 0.769. The van der Waals surface area contributed by atoms with Gasteiger partial charge in [-0.3, -0.25) is 4.90 Å². The second-order valence-electron chi connectivity index (χ2n) is 6.56. The lowest BCUT2D eigenvalue weighted by Crippen LogP contribution is -2.40. The van der Waals surface area contributed by atoms with Crippen LogP contribution in [0.1, 0.15) is 18.4 Å². The first-order chi connectivity index (χ1) is 10.7. The van der Waals surface area contributed by atoms with E-state index in [0.717, 1.165) is 37.8 Å². The highest BCUT2D eigenvalue weighted by atomic mass is 16.5. The van der Waals surface area contributed by atoms with Gasteiger partial charge in [0.25, 0.3) is 0 Å². The minimum Gasteiger partial charge on any atom is -0.496 e. The smallest absolute Gasteiger partial charge is 0.123 e. The van der Waals surface area contributed by atoms with Gasteiger partial charge in [0.05, 0.1) is 7.11 Å². The van der Waals surface area contributed by atoms with Crippen molar-refractivity contribution in [1.29, 1.82) is 0 Å². The van der Waals surface area contributed by atoms with E-state index in [1.54, 1.807) is 7.11 Å². The summed E-state index contributed by atoms with van der Waals surface area (Å²) in [4.78, 5) is 4.79. The number of ether oxygens (including phenoxy) is 1. The van der Waals surface area contributed by atoms with Crippen LogP contribution >= 0.6 is 0 Å². The van der Waals surface area contributed by atoms with Crippen molar-refractivity contribution in [1.82, 2.24) is 15.1 Å². The van der Waals surface area contributed by atoms with Gasteiger partial charge in [0, 0.05) is 31.7 Å². The predicted octanol–water partition coefficient (Wildman–Crippen LogP) is 2.06. The van der Waals surface area contributed by atoms with E-state index < -0.39 is 0 Å². The summed E-state index contributed by atoms with van der Waals surface area (Å²) in [5, 5.41) is 3.60. The van der Waals surface area contributed by atoms with Crippen LogP contribution in [0.5, 0.6) is 5.75 Å². The highest BCUT2D eigenvalue weighted by Crippen LogP contribution is 2.23. The molecular weight excluding hydrogens is 274 g/mol. The molecule has 0 aromatic heterocycles. The van der Waals surface area contributed by atoms with Gasteiger partial charge in [0.15, 0.2) is 0 Å². The fourth-order valence-electron chi connectivity index (χ4n) is 3.14.